The molecule has 192 valence electrons. The van der Waals surface area contributed by atoms with Crippen molar-refractivity contribution in [2.45, 2.75) is 39.3 Å². The number of hydrogen-bond acceptors (Lipinski definition) is 4. The van der Waals surface area contributed by atoms with E-state index in [1.54, 1.807) is 38.1 Å². The van der Waals surface area contributed by atoms with Crippen LogP contribution >= 0.6 is 46.4 Å². The van der Waals surface area contributed by atoms with Crippen LogP contribution in [0, 0.1) is 0 Å². The lowest BCUT2D eigenvalue weighted by molar-refractivity contribution is -0.140. The van der Waals surface area contributed by atoms with Crippen molar-refractivity contribution >= 4 is 73.9 Å². The summed E-state index contributed by atoms with van der Waals surface area (Å²) in [5.41, 5.74) is 0.860. The molecular formula is C23H27Cl4N3O4S. The van der Waals surface area contributed by atoms with E-state index in [9.17, 15) is 18.0 Å². The lowest BCUT2D eigenvalue weighted by Gasteiger charge is -2.29. The number of sulfonamides is 1. The van der Waals surface area contributed by atoms with Crippen LogP contribution in [0.2, 0.25) is 20.1 Å². The van der Waals surface area contributed by atoms with Crippen LogP contribution < -0.4 is 9.62 Å². The van der Waals surface area contributed by atoms with Gasteiger partial charge in [-0.15, -0.1) is 0 Å². The quantitative estimate of drug-likeness (QED) is 0.384. The summed E-state index contributed by atoms with van der Waals surface area (Å²) in [6.07, 6.45) is 1.22. The van der Waals surface area contributed by atoms with Gasteiger partial charge in [0, 0.05) is 41.1 Å². The Morgan fingerprint density at radius 2 is 1.63 bits per heavy atom. The van der Waals surface area contributed by atoms with Crippen molar-refractivity contribution in [2.75, 3.05) is 23.7 Å². The highest BCUT2D eigenvalue weighted by molar-refractivity contribution is 7.92. The second-order valence-corrected chi connectivity index (χ2v) is 11.5. The first-order valence-corrected chi connectivity index (χ1v) is 14.1. The van der Waals surface area contributed by atoms with E-state index in [-0.39, 0.29) is 48.5 Å². The van der Waals surface area contributed by atoms with Crippen LogP contribution in [-0.4, -0.2) is 50.5 Å². The minimum absolute atomic E-state index is 0.00425. The SMILES string of the molecule is CCNC(=O)[C@H](C)N(Cc1ccc(Cl)cc1Cl)C(=O)CCCN(c1cc(Cl)ccc1Cl)S(C)(=O)=O. The van der Waals surface area contributed by atoms with Crippen molar-refractivity contribution in [3.8, 4) is 0 Å². The van der Waals surface area contributed by atoms with Crippen molar-refractivity contribution in [1.29, 1.82) is 0 Å². The van der Waals surface area contributed by atoms with E-state index in [1.165, 1.54) is 17.0 Å². The van der Waals surface area contributed by atoms with Crippen molar-refractivity contribution in [2.24, 2.45) is 0 Å². The molecule has 0 spiro atoms. The molecule has 0 aliphatic carbocycles. The highest BCUT2D eigenvalue weighted by Crippen LogP contribution is 2.31. The van der Waals surface area contributed by atoms with Gasteiger partial charge in [0.05, 0.1) is 17.0 Å². The molecule has 0 unspecified atom stereocenters. The average molecular weight is 583 g/mol. The van der Waals surface area contributed by atoms with Crippen LogP contribution in [0.1, 0.15) is 32.3 Å². The summed E-state index contributed by atoms with van der Waals surface area (Å²) in [5.74, 6) is -0.644. The monoisotopic (exact) mass is 581 g/mol. The Morgan fingerprint density at radius 3 is 2.23 bits per heavy atom. The molecule has 0 bridgehead atoms. The van der Waals surface area contributed by atoms with Crippen molar-refractivity contribution in [3.63, 3.8) is 0 Å². The predicted molar refractivity (Wildman–Crippen MR) is 143 cm³/mol. The zero-order valence-electron chi connectivity index (χ0n) is 19.5. The first-order valence-electron chi connectivity index (χ1n) is 10.8. The third-order valence-electron chi connectivity index (χ3n) is 5.20. The molecular weight excluding hydrogens is 556 g/mol. The minimum atomic E-state index is -3.70. The maximum Gasteiger partial charge on any atom is 0.242 e. The van der Waals surface area contributed by atoms with Crippen LogP contribution in [0.15, 0.2) is 36.4 Å². The number of rotatable bonds is 11. The summed E-state index contributed by atoms with van der Waals surface area (Å²) in [7, 11) is -3.70. The highest BCUT2D eigenvalue weighted by atomic mass is 35.5. The molecule has 0 aliphatic heterocycles. The number of carbonyl (C=O) groups is 2. The summed E-state index contributed by atoms with van der Waals surface area (Å²) >= 11 is 24.5. The zero-order chi connectivity index (χ0) is 26.3. The summed E-state index contributed by atoms with van der Waals surface area (Å²) in [6.45, 7) is 3.91. The average Bonchev–Trinajstić information content (AvgIpc) is 2.77. The molecule has 0 saturated heterocycles. The van der Waals surface area contributed by atoms with Crippen LogP contribution in [0.5, 0.6) is 0 Å². The van der Waals surface area contributed by atoms with Gasteiger partial charge in [-0.1, -0.05) is 52.5 Å². The molecule has 7 nitrogen and oxygen atoms in total. The number of anilines is 1. The highest BCUT2D eigenvalue weighted by Gasteiger charge is 2.27. The molecule has 1 N–H and O–H groups in total. The number of amides is 2. The van der Waals surface area contributed by atoms with Gasteiger partial charge in [-0.25, -0.2) is 8.42 Å². The molecule has 35 heavy (non-hydrogen) atoms. The number of carbonyl (C=O) groups excluding carboxylic acids is 2. The third kappa shape index (κ3) is 8.43. The molecule has 2 aromatic rings. The molecule has 2 rings (SSSR count). The maximum atomic E-state index is 13.2. The van der Waals surface area contributed by atoms with Crippen molar-refractivity contribution in [3.05, 3.63) is 62.1 Å². The molecule has 0 aromatic heterocycles. The lowest BCUT2D eigenvalue weighted by atomic mass is 10.1. The van der Waals surface area contributed by atoms with Crippen LogP contribution in [0.3, 0.4) is 0 Å². The Balaban J connectivity index is 2.22. The molecule has 0 radical (unpaired) electrons. The fourth-order valence-electron chi connectivity index (χ4n) is 3.40. The standard InChI is InChI=1S/C23H27Cl4N3O4S/c1-4-28-23(32)15(2)29(14-16-7-8-17(24)12-20(16)27)22(31)6-5-11-30(35(3,33)34)21-13-18(25)9-10-19(21)26/h7-10,12-13,15H,4-6,11,14H2,1-3H3,(H,28,32)/t15-/m0/s1. The summed E-state index contributed by atoms with van der Waals surface area (Å²) in [6, 6.07) is 8.66. The lowest BCUT2D eigenvalue weighted by Crippen LogP contribution is -2.47. The minimum Gasteiger partial charge on any atom is -0.355 e. The van der Waals surface area contributed by atoms with E-state index >= 15 is 0 Å². The van der Waals surface area contributed by atoms with Crippen LogP contribution in [0.25, 0.3) is 0 Å². The Morgan fingerprint density at radius 1 is 1.00 bits per heavy atom. The molecule has 2 amide bonds. The second kappa shape index (κ2) is 13.0. The summed E-state index contributed by atoms with van der Waals surface area (Å²) < 4.78 is 26.0. The van der Waals surface area contributed by atoms with Gasteiger partial charge in [0.25, 0.3) is 0 Å². The fraction of sp³-hybridized carbons (Fsp3) is 0.391. The molecule has 0 saturated carbocycles. The van der Waals surface area contributed by atoms with E-state index in [1.807, 2.05) is 0 Å². The smallest absolute Gasteiger partial charge is 0.242 e. The Kier molecular flexibility index (Phi) is 11.0. The van der Waals surface area contributed by atoms with E-state index in [2.05, 4.69) is 5.32 Å². The van der Waals surface area contributed by atoms with Crippen LogP contribution in [-0.2, 0) is 26.2 Å². The molecule has 1 atom stereocenters. The number of nitrogens with zero attached hydrogens (tertiary/aromatic N) is 2. The topological polar surface area (TPSA) is 86.8 Å². The zero-order valence-corrected chi connectivity index (χ0v) is 23.4. The summed E-state index contributed by atoms with van der Waals surface area (Å²) in [5, 5.41) is 4.09. The number of likely N-dealkylation sites (N-methyl/N-ethyl adjacent to an activating group) is 1. The predicted octanol–water partition coefficient (Wildman–Crippen LogP) is 5.40. The third-order valence-corrected chi connectivity index (χ3v) is 7.52. The van der Waals surface area contributed by atoms with E-state index < -0.39 is 16.1 Å². The van der Waals surface area contributed by atoms with Gasteiger partial charge < -0.3 is 10.2 Å². The van der Waals surface area contributed by atoms with Crippen molar-refractivity contribution < 1.29 is 18.0 Å². The molecule has 0 heterocycles. The molecule has 0 aliphatic rings. The van der Waals surface area contributed by atoms with Gasteiger partial charge in [-0.2, -0.15) is 0 Å². The number of nitrogens with one attached hydrogen (secondary N) is 1. The summed E-state index contributed by atoms with van der Waals surface area (Å²) in [4.78, 5) is 27.2. The van der Waals surface area contributed by atoms with E-state index in [0.29, 0.717) is 27.2 Å². The molecule has 0 fully saturated rings. The first kappa shape index (κ1) is 29.5. The van der Waals surface area contributed by atoms with Gasteiger partial charge in [-0.05, 0) is 56.2 Å². The van der Waals surface area contributed by atoms with Crippen molar-refractivity contribution in [1.82, 2.24) is 10.2 Å². The first-order chi connectivity index (χ1) is 16.3. The van der Waals surface area contributed by atoms with Gasteiger partial charge >= 0.3 is 0 Å². The Bertz CT molecular complexity index is 1180. The molecule has 2 aromatic carbocycles. The van der Waals surface area contributed by atoms with Gasteiger partial charge in [0.15, 0.2) is 0 Å². The van der Waals surface area contributed by atoms with Gasteiger partial charge in [0.1, 0.15) is 6.04 Å². The molecule has 12 heteroatoms. The number of benzene rings is 2. The van der Waals surface area contributed by atoms with E-state index in [0.717, 1.165) is 10.6 Å². The number of halogens is 4. The Hall–Kier alpha value is -1.71. The fourth-order valence-corrected chi connectivity index (χ4v) is 5.27. The van der Waals surface area contributed by atoms with Gasteiger partial charge in [-0.3, -0.25) is 13.9 Å². The number of hydrogen-bond donors (Lipinski definition) is 1. The second-order valence-electron chi connectivity index (χ2n) is 7.86. The van der Waals surface area contributed by atoms with Gasteiger partial charge in [0.2, 0.25) is 21.8 Å². The van der Waals surface area contributed by atoms with Crippen LogP contribution in [0.4, 0.5) is 5.69 Å². The maximum absolute atomic E-state index is 13.2. The largest absolute Gasteiger partial charge is 0.355 e. The normalized spacial score (nSPS) is 12.2. The Labute approximate surface area is 226 Å². The van der Waals surface area contributed by atoms with E-state index in [4.69, 9.17) is 46.4 Å².